The molecular formula is C13H16O3S. The lowest BCUT2D eigenvalue weighted by molar-refractivity contribution is -0.140. The van der Waals surface area contributed by atoms with Crippen molar-refractivity contribution >= 4 is 29.2 Å². The molecule has 0 N–H and O–H groups in total. The largest absolute Gasteiger partial charge is 0.462 e. The van der Waals surface area contributed by atoms with Gasteiger partial charge in [0.05, 0.1) is 6.61 Å². The summed E-state index contributed by atoms with van der Waals surface area (Å²) in [6, 6.07) is 3.73. The molecule has 1 aromatic rings. The number of ketones is 1. The molecule has 0 fully saturated rings. The molecule has 0 unspecified atom stereocenters. The number of rotatable bonds is 5. The molecular weight excluding hydrogens is 236 g/mol. The molecule has 1 heterocycles. The molecule has 0 spiro atoms. The van der Waals surface area contributed by atoms with E-state index in [1.165, 1.54) is 11.3 Å². The highest BCUT2D eigenvalue weighted by atomic mass is 32.1. The Balaban J connectivity index is 3.02. The zero-order valence-corrected chi connectivity index (χ0v) is 11.0. The van der Waals surface area contributed by atoms with Gasteiger partial charge in [-0.3, -0.25) is 4.79 Å². The van der Waals surface area contributed by atoms with Crippen LogP contribution in [0.25, 0.3) is 6.08 Å². The normalized spacial score (nSPS) is 11.6. The van der Waals surface area contributed by atoms with Gasteiger partial charge in [0, 0.05) is 10.8 Å². The SMILES string of the molecule is CCOC(=O)C(=Cc1cccs1)C(=O)C(C)C. The zero-order valence-electron chi connectivity index (χ0n) is 10.2. The number of carbonyl (C=O) groups excluding carboxylic acids is 2. The van der Waals surface area contributed by atoms with E-state index in [4.69, 9.17) is 4.74 Å². The average Bonchev–Trinajstić information content (AvgIpc) is 2.77. The summed E-state index contributed by atoms with van der Waals surface area (Å²) >= 11 is 1.48. The van der Waals surface area contributed by atoms with Crippen molar-refractivity contribution in [2.24, 2.45) is 5.92 Å². The van der Waals surface area contributed by atoms with Crippen LogP contribution in [0, 0.1) is 5.92 Å². The summed E-state index contributed by atoms with van der Waals surface area (Å²) in [4.78, 5) is 24.5. The van der Waals surface area contributed by atoms with Crippen LogP contribution in [-0.4, -0.2) is 18.4 Å². The second-order valence-electron chi connectivity index (χ2n) is 3.81. The third-order valence-corrected chi connectivity index (χ3v) is 2.93. The van der Waals surface area contributed by atoms with Crippen LogP contribution in [0.1, 0.15) is 25.6 Å². The maximum Gasteiger partial charge on any atom is 0.341 e. The molecule has 0 radical (unpaired) electrons. The van der Waals surface area contributed by atoms with Crippen LogP contribution in [0.15, 0.2) is 23.1 Å². The van der Waals surface area contributed by atoms with Crippen LogP contribution in [0.3, 0.4) is 0 Å². The monoisotopic (exact) mass is 252 g/mol. The van der Waals surface area contributed by atoms with E-state index >= 15 is 0 Å². The van der Waals surface area contributed by atoms with E-state index in [0.29, 0.717) is 0 Å². The molecule has 0 aliphatic carbocycles. The predicted octanol–water partition coefficient (Wildman–Crippen LogP) is 2.92. The third-order valence-electron chi connectivity index (χ3n) is 2.11. The fourth-order valence-electron chi connectivity index (χ4n) is 1.27. The van der Waals surface area contributed by atoms with Gasteiger partial charge in [-0.25, -0.2) is 4.79 Å². The first kappa shape index (κ1) is 13.6. The Bertz CT molecular complexity index is 416. The van der Waals surface area contributed by atoms with Crippen molar-refractivity contribution < 1.29 is 14.3 Å². The van der Waals surface area contributed by atoms with Crippen molar-refractivity contribution in [1.29, 1.82) is 0 Å². The minimum atomic E-state index is -0.542. The molecule has 92 valence electrons. The Labute approximate surface area is 105 Å². The fourth-order valence-corrected chi connectivity index (χ4v) is 1.92. The second kappa shape index (κ2) is 6.35. The van der Waals surface area contributed by atoms with Crippen molar-refractivity contribution in [2.75, 3.05) is 6.61 Å². The maximum atomic E-state index is 11.9. The Kier molecular flexibility index (Phi) is 5.10. The number of thiophene rings is 1. The molecule has 0 aliphatic rings. The predicted molar refractivity (Wildman–Crippen MR) is 68.8 cm³/mol. The van der Waals surface area contributed by atoms with Crippen LogP contribution >= 0.6 is 11.3 Å². The highest BCUT2D eigenvalue weighted by molar-refractivity contribution is 7.10. The molecule has 0 aromatic carbocycles. The van der Waals surface area contributed by atoms with Gasteiger partial charge in [0.2, 0.25) is 0 Å². The molecule has 0 amide bonds. The summed E-state index contributed by atoms with van der Waals surface area (Å²) in [6.07, 6.45) is 1.60. The molecule has 0 atom stereocenters. The van der Waals surface area contributed by atoms with Gasteiger partial charge in [0.25, 0.3) is 0 Å². The summed E-state index contributed by atoms with van der Waals surface area (Å²) in [6.45, 7) is 5.53. The van der Waals surface area contributed by atoms with Crippen molar-refractivity contribution in [3.63, 3.8) is 0 Å². The van der Waals surface area contributed by atoms with Gasteiger partial charge in [0.1, 0.15) is 5.57 Å². The second-order valence-corrected chi connectivity index (χ2v) is 4.79. The summed E-state index contributed by atoms with van der Waals surface area (Å²) in [5, 5.41) is 1.90. The number of hydrogen-bond acceptors (Lipinski definition) is 4. The number of hydrogen-bond donors (Lipinski definition) is 0. The van der Waals surface area contributed by atoms with E-state index in [1.54, 1.807) is 26.8 Å². The fraction of sp³-hybridized carbons (Fsp3) is 0.385. The molecule has 0 aliphatic heterocycles. The lowest BCUT2D eigenvalue weighted by Crippen LogP contribution is -2.19. The van der Waals surface area contributed by atoms with Gasteiger partial charge in [0.15, 0.2) is 5.78 Å². The summed E-state index contributed by atoms with van der Waals surface area (Å²) < 4.78 is 4.90. The van der Waals surface area contributed by atoms with Crippen LogP contribution in [0.4, 0.5) is 0 Å². The lowest BCUT2D eigenvalue weighted by Gasteiger charge is -2.08. The summed E-state index contributed by atoms with van der Waals surface area (Å²) in [5.41, 5.74) is 0.129. The minimum Gasteiger partial charge on any atom is -0.462 e. The van der Waals surface area contributed by atoms with E-state index in [-0.39, 0.29) is 23.9 Å². The third kappa shape index (κ3) is 3.82. The molecule has 0 saturated heterocycles. The summed E-state index contributed by atoms with van der Waals surface area (Å²) in [5.74, 6) is -0.943. The van der Waals surface area contributed by atoms with Gasteiger partial charge < -0.3 is 4.74 Å². The maximum absolute atomic E-state index is 11.9. The first-order chi connectivity index (χ1) is 8.06. The average molecular weight is 252 g/mol. The smallest absolute Gasteiger partial charge is 0.341 e. The van der Waals surface area contributed by atoms with E-state index in [1.807, 2.05) is 17.5 Å². The Hall–Kier alpha value is -1.42. The Morgan fingerprint density at radius 1 is 1.47 bits per heavy atom. The molecule has 17 heavy (non-hydrogen) atoms. The van der Waals surface area contributed by atoms with E-state index in [2.05, 4.69) is 0 Å². The van der Waals surface area contributed by atoms with Crippen LogP contribution < -0.4 is 0 Å². The van der Waals surface area contributed by atoms with E-state index in [0.717, 1.165) is 4.88 Å². The van der Waals surface area contributed by atoms with Crippen molar-refractivity contribution in [3.05, 3.63) is 28.0 Å². The lowest BCUT2D eigenvalue weighted by atomic mass is 10.0. The number of Topliss-reactive ketones (excluding diaryl/α,β-unsaturated/α-hetero) is 1. The number of esters is 1. The Morgan fingerprint density at radius 3 is 2.65 bits per heavy atom. The molecule has 4 heteroatoms. The molecule has 3 nitrogen and oxygen atoms in total. The van der Waals surface area contributed by atoms with Crippen molar-refractivity contribution in [2.45, 2.75) is 20.8 Å². The van der Waals surface area contributed by atoms with Gasteiger partial charge >= 0.3 is 5.97 Å². The Morgan fingerprint density at radius 2 is 2.18 bits per heavy atom. The quantitative estimate of drug-likeness (QED) is 0.350. The van der Waals surface area contributed by atoms with Gasteiger partial charge in [-0.05, 0) is 24.4 Å². The molecule has 0 saturated carbocycles. The van der Waals surface area contributed by atoms with Gasteiger partial charge in [-0.2, -0.15) is 0 Å². The molecule has 1 rings (SSSR count). The highest BCUT2D eigenvalue weighted by Gasteiger charge is 2.22. The minimum absolute atomic E-state index is 0.129. The number of carbonyl (C=O) groups is 2. The van der Waals surface area contributed by atoms with Crippen LogP contribution in [0.2, 0.25) is 0 Å². The van der Waals surface area contributed by atoms with E-state index < -0.39 is 5.97 Å². The van der Waals surface area contributed by atoms with Crippen molar-refractivity contribution in [1.82, 2.24) is 0 Å². The first-order valence-corrected chi connectivity index (χ1v) is 6.40. The topological polar surface area (TPSA) is 43.4 Å². The van der Waals surface area contributed by atoms with Crippen LogP contribution in [0.5, 0.6) is 0 Å². The zero-order chi connectivity index (χ0) is 12.8. The summed E-state index contributed by atoms with van der Waals surface area (Å²) in [7, 11) is 0. The first-order valence-electron chi connectivity index (χ1n) is 5.52. The molecule has 1 aromatic heterocycles. The van der Waals surface area contributed by atoms with Crippen molar-refractivity contribution in [3.8, 4) is 0 Å². The standard InChI is InChI=1S/C13H16O3S/c1-4-16-13(15)11(12(14)9(2)3)8-10-6-5-7-17-10/h5-9H,4H2,1-3H3. The van der Waals surface area contributed by atoms with Gasteiger partial charge in [-0.15, -0.1) is 11.3 Å². The van der Waals surface area contributed by atoms with Crippen LogP contribution in [-0.2, 0) is 14.3 Å². The molecule has 0 bridgehead atoms. The number of ether oxygens (including phenoxy) is 1. The van der Waals surface area contributed by atoms with E-state index in [9.17, 15) is 9.59 Å². The highest BCUT2D eigenvalue weighted by Crippen LogP contribution is 2.17. The van der Waals surface area contributed by atoms with Gasteiger partial charge in [-0.1, -0.05) is 19.9 Å².